The summed E-state index contributed by atoms with van der Waals surface area (Å²) in [5.74, 6) is 0.429. The summed E-state index contributed by atoms with van der Waals surface area (Å²) in [6.07, 6.45) is 0. The largest absolute Gasteiger partial charge is 0.325 e. The molecule has 18 heavy (non-hydrogen) atoms. The summed E-state index contributed by atoms with van der Waals surface area (Å²) in [7, 11) is 0. The van der Waals surface area contributed by atoms with Gasteiger partial charge in [-0.2, -0.15) is 5.10 Å². The van der Waals surface area contributed by atoms with Gasteiger partial charge in [-0.15, -0.1) is 0 Å². The van der Waals surface area contributed by atoms with Crippen LogP contribution in [0, 0.1) is 13.8 Å². The minimum absolute atomic E-state index is 0.429. The molecule has 3 heteroatoms. The molecule has 2 N–H and O–H groups in total. The van der Waals surface area contributed by atoms with Crippen molar-refractivity contribution in [2.45, 2.75) is 40.2 Å². The Bertz CT molecular complexity index is 553. The summed E-state index contributed by atoms with van der Waals surface area (Å²) >= 11 is 0. The highest BCUT2D eigenvalue weighted by molar-refractivity contribution is 5.43. The molecule has 0 radical (unpaired) electrons. The van der Waals surface area contributed by atoms with E-state index in [2.05, 4.69) is 57.1 Å². The van der Waals surface area contributed by atoms with Crippen molar-refractivity contribution in [3.05, 3.63) is 46.8 Å². The van der Waals surface area contributed by atoms with E-state index in [9.17, 15) is 0 Å². The molecule has 0 fully saturated rings. The van der Waals surface area contributed by atoms with Crippen molar-refractivity contribution >= 4 is 0 Å². The van der Waals surface area contributed by atoms with Crippen LogP contribution in [0.5, 0.6) is 0 Å². The molecule has 0 aliphatic heterocycles. The first-order valence-electron chi connectivity index (χ1n) is 6.39. The molecule has 1 aromatic heterocycles. The van der Waals surface area contributed by atoms with E-state index in [1.165, 1.54) is 16.8 Å². The maximum atomic E-state index is 5.70. The Balaban J connectivity index is 2.58. The fourth-order valence-corrected chi connectivity index (χ4v) is 2.19. The lowest BCUT2D eigenvalue weighted by atomic mass is 10.1. The highest BCUT2D eigenvalue weighted by Crippen LogP contribution is 2.23. The van der Waals surface area contributed by atoms with E-state index in [1.807, 2.05) is 4.68 Å². The first-order valence-corrected chi connectivity index (χ1v) is 6.39. The molecule has 0 saturated carbocycles. The van der Waals surface area contributed by atoms with Gasteiger partial charge in [0.25, 0.3) is 0 Å². The molecule has 0 bridgehead atoms. The van der Waals surface area contributed by atoms with E-state index in [4.69, 9.17) is 5.73 Å². The molecule has 3 nitrogen and oxygen atoms in total. The van der Waals surface area contributed by atoms with Gasteiger partial charge in [-0.1, -0.05) is 31.5 Å². The van der Waals surface area contributed by atoms with Gasteiger partial charge in [0, 0.05) is 12.2 Å². The van der Waals surface area contributed by atoms with Crippen LogP contribution in [0.1, 0.15) is 42.3 Å². The number of nitrogens with two attached hydrogens (primary N) is 1. The third-order valence-electron chi connectivity index (χ3n) is 3.17. The summed E-state index contributed by atoms with van der Waals surface area (Å²) in [6.45, 7) is 9.07. The molecule has 0 aliphatic carbocycles. The first kappa shape index (κ1) is 12.8. The zero-order valence-electron chi connectivity index (χ0n) is 11.6. The molecular weight excluding hydrogens is 222 g/mol. The van der Waals surface area contributed by atoms with Crippen molar-refractivity contribution in [2.24, 2.45) is 5.73 Å². The summed E-state index contributed by atoms with van der Waals surface area (Å²) in [4.78, 5) is 0. The van der Waals surface area contributed by atoms with Gasteiger partial charge in [0.15, 0.2) is 0 Å². The highest BCUT2D eigenvalue weighted by atomic mass is 15.3. The van der Waals surface area contributed by atoms with Crippen LogP contribution < -0.4 is 5.73 Å². The lowest BCUT2D eigenvalue weighted by molar-refractivity contribution is 0.724. The van der Waals surface area contributed by atoms with Gasteiger partial charge in [0.1, 0.15) is 0 Å². The molecule has 0 amide bonds. The molecule has 0 saturated heterocycles. The fourth-order valence-electron chi connectivity index (χ4n) is 2.19. The summed E-state index contributed by atoms with van der Waals surface area (Å²) in [5.41, 5.74) is 11.5. The summed E-state index contributed by atoms with van der Waals surface area (Å²) in [5, 5.41) is 4.60. The third-order valence-corrected chi connectivity index (χ3v) is 3.17. The number of aromatic nitrogens is 2. The van der Waals surface area contributed by atoms with Crippen molar-refractivity contribution in [3.8, 4) is 5.69 Å². The normalized spacial score (nSPS) is 11.2. The van der Waals surface area contributed by atoms with Crippen LogP contribution in [-0.2, 0) is 6.54 Å². The number of hydrogen-bond acceptors (Lipinski definition) is 2. The topological polar surface area (TPSA) is 43.8 Å². The van der Waals surface area contributed by atoms with E-state index in [0.29, 0.717) is 12.5 Å². The SMILES string of the molecule is Cc1ccc(-n2nc(CN)cc2C(C)C)c(C)c1. The second-order valence-electron chi connectivity index (χ2n) is 5.12. The van der Waals surface area contributed by atoms with Crippen molar-refractivity contribution < 1.29 is 0 Å². The summed E-state index contributed by atoms with van der Waals surface area (Å²) in [6, 6.07) is 8.54. The Kier molecular flexibility index (Phi) is 3.53. The van der Waals surface area contributed by atoms with Crippen molar-refractivity contribution in [1.82, 2.24) is 9.78 Å². The molecule has 0 unspecified atom stereocenters. The third kappa shape index (κ3) is 2.31. The quantitative estimate of drug-likeness (QED) is 0.900. The Hall–Kier alpha value is -1.61. The first-order chi connectivity index (χ1) is 8.52. The van der Waals surface area contributed by atoms with Crippen molar-refractivity contribution in [3.63, 3.8) is 0 Å². The molecule has 0 spiro atoms. The molecule has 2 rings (SSSR count). The number of hydrogen-bond donors (Lipinski definition) is 1. The minimum Gasteiger partial charge on any atom is -0.325 e. The van der Waals surface area contributed by atoms with Crippen molar-refractivity contribution in [2.75, 3.05) is 0 Å². The van der Waals surface area contributed by atoms with Gasteiger partial charge in [0.2, 0.25) is 0 Å². The second kappa shape index (κ2) is 4.94. The number of benzene rings is 1. The molecule has 1 heterocycles. The molecular formula is C15H21N3. The van der Waals surface area contributed by atoms with Crippen LogP contribution in [0.2, 0.25) is 0 Å². The molecule has 0 atom stereocenters. The second-order valence-corrected chi connectivity index (χ2v) is 5.12. The number of rotatable bonds is 3. The van der Waals surface area contributed by atoms with Crippen LogP contribution in [0.25, 0.3) is 5.69 Å². The number of nitrogens with zero attached hydrogens (tertiary/aromatic N) is 2. The van der Waals surface area contributed by atoms with E-state index in [-0.39, 0.29) is 0 Å². The van der Waals surface area contributed by atoms with E-state index in [1.54, 1.807) is 0 Å². The van der Waals surface area contributed by atoms with Gasteiger partial charge in [-0.25, -0.2) is 4.68 Å². The molecule has 2 aromatic rings. The lowest BCUT2D eigenvalue weighted by Gasteiger charge is -2.12. The zero-order chi connectivity index (χ0) is 13.3. The highest BCUT2D eigenvalue weighted by Gasteiger charge is 2.13. The van der Waals surface area contributed by atoms with Crippen LogP contribution in [0.4, 0.5) is 0 Å². The Morgan fingerprint density at radius 2 is 1.94 bits per heavy atom. The Morgan fingerprint density at radius 1 is 1.22 bits per heavy atom. The standard InChI is InChI=1S/C15H21N3/c1-10(2)15-8-13(9-16)17-18(15)14-6-5-11(3)7-12(14)4/h5-8,10H,9,16H2,1-4H3. The Morgan fingerprint density at radius 3 is 2.50 bits per heavy atom. The van der Waals surface area contributed by atoms with Gasteiger partial charge < -0.3 is 5.73 Å². The van der Waals surface area contributed by atoms with Crippen molar-refractivity contribution in [1.29, 1.82) is 0 Å². The predicted octanol–water partition coefficient (Wildman–Crippen LogP) is 3.07. The minimum atomic E-state index is 0.429. The van der Waals surface area contributed by atoms with Gasteiger partial charge in [-0.05, 0) is 37.5 Å². The monoisotopic (exact) mass is 243 g/mol. The lowest BCUT2D eigenvalue weighted by Crippen LogP contribution is -2.06. The predicted molar refractivity (Wildman–Crippen MR) is 75.0 cm³/mol. The van der Waals surface area contributed by atoms with Crippen LogP contribution in [0.3, 0.4) is 0 Å². The van der Waals surface area contributed by atoms with Gasteiger partial charge in [0.05, 0.1) is 11.4 Å². The smallest absolute Gasteiger partial charge is 0.0767 e. The molecule has 1 aromatic carbocycles. The van der Waals surface area contributed by atoms with Crippen LogP contribution in [-0.4, -0.2) is 9.78 Å². The zero-order valence-corrected chi connectivity index (χ0v) is 11.6. The number of aryl methyl sites for hydroxylation is 2. The molecule has 0 aliphatic rings. The van der Waals surface area contributed by atoms with E-state index in [0.717, 1.165) is 11.4 Å². The van der Waals surface area contributed by atoms with E-state index < -0.39 is 0 Å². The van der Waals surface area contributed by atoms with E-state index >= 15 is 0 Å². The maximum absolute atomic E-state index is 5.70. The maximum Gasteiger partial charge on any atom is 0.0767 e. The average molecular weight is 243 g/mol. The summed E-state index contributed by atoms with van der Waals surface area (Å²) < 4.78 is 2.03. The fraction of sp³-hybridized carbons (Fsp3) is 0.400. The Labute approximate surface area is 109 Å². The van der Waals surface area contributed by atoms with Gasteiger partial charge in [-0.3, -0.25) is 0 Å². The average Bonchev–Trinajstić information content (AvgIpc) is 2.73. The molecule has 96 valence electrons. The van der Waals surface area contributed by atoms with Crippen LogP contribution in [0.15, 0.2) is 24.3 Å². The van der Waals surface area contributed by atoms with Gasteiger partial charge >= 0.3 is 0 Å². The van der Waals surface area contributed by atoms with Crippen LogP contribution >= 0.6 is 0 Å².